The lowest BCUT2D eigenvalue weighted by molar-refractivity contribution is -0.137. The number of nitrogens with zero attached hydrogens (tertiary/aromatic N) is 2. The Kier molecular flexibility index (Phi) is 4.65. The Hall–Kier alpha value is -2.07. The quantitative estimate of drug-likeness (QED) is 0.797. The van der Waals surface area contributed by atoms with E-state index in [0.29, 0.717) is 28.6 Å². The highest BCUT2D eigenvalue weighted by molar-refractivity contribution is 8.01. The van der Waals surface area contributed by atoms with Gasteiger partial charge in [-0.25, -0.2) is 4.98 Å². The molecular formula is C18H16F3N3O2S2. The molecule has 4 rings (SSSR count). The predicted octanol–water partition coefficient (Wildman–Crippen LogP) is 4.22. The minimum atomic E-state index is -4.43. The summed E-state index contributed by atoms with van der Waals surface area (Å²) < 4.78 is 38.7. The molecule has 148 valence electrons. The zero-order valence-corrected chi connectivity index (χ0v) is 16.4. The number of rotatable bonds is 3. The van der Waals surface area contributed by atoms with E-state index in [1.807, 2.05) is 6.92 Å². The van der Waals surface area contributed by atoms with Crippen LogP contribution in [-0.2, 0) is 15.8 Å². The van der Waals surface area contributed by atoms with Gasteiger partial charge in [0, 0.05) is 23.1 Å². The molecule has 3 heterocycles. The van der Waals surface area contributed by atoms with Gasteiger partial charge in [0.15, 0.2) is 5.13 Å². The highest BCUT2D eigenvalue weighted by atomic mass is 32.2. The Morgan fingerprint density at radius 2 is 2.18 bits per heavy atom. The lowest BCUT2D eigenvalue weighted by atomic mass is 10.1. The molecule has 1 aromatic heterocycles. The van der Waals surface area contributed by atoms with Crippen LogP contribution in [0.3, 0.4) is 0 Å². The molecule has 2 aliphatic heterocycles. The molecule has 2 aliphatic rings. The van der Waals surface area contributed by atoms with Gasteiger partial charge in [-0.2, -0.15) is 13.2 Å². The Morgan fingerprint density at radius 1 is 1.39 bits per heavy atom. The maximum absolute atomic E-state index is 12.9. The van der Waals surface area contributed by atoms with Crippen molar-refractivity contribution >= 4 is 40.0 Å². The van der Waals surface area contributed by atoms with Gasteiger partial charge in [0.25, 0.3) is 0 Å². The van der Waals surface area contributed by atoms with E-state index in [4.69, 9.17) is 0 Å². The summed E-state index contributed by atoms with van der Waals surface area (Å²) in [6.45, 7) is 1.96. The number of thioether (sulfide) groups is 1. The molecule has 0 unspecified atom stereocenters. The first-order valence-corrected chi connectivity index (χ1v) is 10.4. The van der Waals surface area contributed by atoms with Gasteiger partial charge < -0.3 is 10.2 Å². The molecule has 10 heteroatoms. The Bertz CT molecular complexity index is 946. The number of aromatic nitrogens is 1. The SMILES string of the molecule is C[C@@]12CCC(=O)N1[C@@H](C(=O)Nc1nc(-c3cccc(C(F)(F)F)c3)cs1)CS2. The summed E-state index contributed by atoms with van der Waals surface area (Å²) in [5, 5.41) is 4.60. The number of alkyl halides is 3. The molecule has 2 saturated heterocycles. The van der Waals surface area contributed by atoms with Gasteiger partial charge >= 0.3 is 6.18 Å². The molecule has 0 spiro atoms. The molecule has 2 aromatic rings. The smallest absolute Gasteiger partial charge is 0.315 e. The molecule has 2 atom stereocenters. The van der Waals surface area contributed by atoms with Crippen LogP contribution >= 0.6 is 23.1 Å². The summed E-state index contributed by atoms with van der Waals surface area (Å²) in [6, 6.07) is 4.33. The number of halogens is 3. The zero-order valence-electron chi connectivity index (χ0n) is 14.7. The first-order valence-electron chi connectivity index (χ1n) is 8.57. The van der Waals surface area contributed by atoms with Gasteiger partial charge in [-0.3, -0.25) is 9.59 Å². The number of hydrogen-bond donors (Lipinski definition) is 1. The molecule has 0 saturated carbocycles. The molecule has 2 amide bonds. The molecule has 1 N–H and O–H groups in total. The third kappa shape index (κ3) is 3.39. The standard InChI is InChI=1S/C18H16F3N3O2S2/c1-17-6-5-14(25)24(17)13(9-28-17)15(26)23-16-22-12(8-27-16)10-3-2-4-11(7-10)18(19,20)21/h2-4,7-8,13H,5-6,9H2,1H3,(H,22,23,26)/t13-,17-/m1/s1. The maximum atomic E-state index is 12.9. The fourth-order valence-electron chi connectivity index (χ4n) is 3.52. The largest absolute Gasteiger partial charge is 0.416 e. The molecule has 2 fully saturated rings. The summed E-state index contributed by atoms with van der Waals surface area (Å²) in [5.41, 5.74) is -0.0713. The number of carbonyl (C=O) groups is 2. The van der Waals surface area contributed by atoms with Gasteiger partial charge in [0.2, 0.25) is 11.8 Å². The second-order valence-electron chi connectivity index (χ2n) is 6.87. The zero-order chi connectivity index (χ0) is 20.1. The summed E-state index contributed by atoms with van der Waals surface area (Å²) in [5.74, 6) is 0.160. The number of thiazole rings is 1. The second-order valence-corrected chi connectivity index (χ2v) is 9.23. The lowest BCUT2D eigenvalue weighted by Gasteiger charge is -2.29. The Balaban J connectivity index is 1.50. The van der Waals surface area contributed by atoms with Crippen LogP contribution < -0.4 is 5.32 Å². The highest BCUT2D eigenvalue weighted by Crippen LogP contribution is 2.47. The normalized spacial score (nSPS) is 24.5. The van der Waals surface area contributed by atoms with Crippen molar-refractivity contribution in [3.05, 3.63) is 35.2 Å². The summed E-state index contributed by atoms with van der Waals surface area (Å²) in [4.78, 5) is 30.4. The van der Waals surface area contributed by atoms with E-state index in [1.54, 1.807) is 22.0 Å². The molecule has 5 nitrogen and oxygen atoms in total. The minimum absolute atomic E-state index is 0.0311. The molecule has 1 aromatic carbocycles. The third-order valence-electron chi connectivity index (χ3n) is 4.97. The van der Waals surface area contributed by atoms with E-state index in [0.717, 1.165) is 29.9 Å². The van der Waals surface area contributed by atoms with E-state index in [9.17, 15) is 22.8 Å². The fraction of sp³-hybridized carbons (Fsp3) is 0.389. The van der Waals surface area contributed by atoms with Crippen molar-refractivity contribution in [2.75, 3.05) is 11.1 Å². The number of benzene rings is 1. The molecule has 28 heavy (non-hydrogen) atoms. The number of carbonyl (C=O) groups excluding carboxylic acids is 2. The van der Waals surface area contributed by atoms with Gasteiger partial charge in [-0.15, -0.1) is 23.1 Å². The van der Waals surface area contributed by atoms with E-state index in [1.165, 1.54) is 12.1 Å². The topological polar surface area (TPSA) is 62.3 Å². The Morgan fingerprint density at radius 3 is 2.93 bits per heavy atom. The number of hydrogen-bond acceptors (Lipinski definition) is 5. The van der Waals surface area contributed by atoms with Crippen molar-refractivity contribution < 1.29 is 22.8 Å². The van der Waals surface area contributed by atoms with Crippen LogP contribution in [0.2, 0.25) is 0 Å². The number of anilines is 1. The number of fused-ring (bicyclic) bond motifs is 1. The monoisotopic (exact) mass is 427 g/mol. The number of amides is 2. The van der Waals surface area contributed by atoms with Crippen molar-refractivity contribution in [2.45, 2.75) is 36.9 Å². The Labute approximate surface area is 167 Å². The van der Waals surface area contributed by atoms with Gasteiger partial charge in [0.1, 0.15) is 6.04 Å². The highest BCUT2D eigenvalue weighted by Gasteiger charge is 2.52. The maximum Gasteiger partial charge on any atom is 0.416 e. The van der Waals surface area contributed by atoms with Crippen molar-refractivity contribution in [2.24, 2.45) is 0 Å². The van der Waals surface area contributed by atoms with Crippen LogP contribution in [-0.4, -0.2) is 38.4 Å². The molecular weight excluding hydrogens is 411 g/mol. The van der Waals surface area contributed by atoms with E-state index >= 15 is 0 Å². The van der Waals surface area contributed by atoms with Gasteiger partial charge in [-0.1, -0.05) is 12.1 Å². The van der Waals surface area contributed by atoms with Crippen molar-refractivity contribution in [1.29, 1.82) is 0 Å². The molecule has 0 aliphatic carbocycles. The lowest BCUT2D eigenvalue weighted by Crippen LogP contribution is -2.48. The fourth-order valence-corrected chi connectivity index (χ4v) is 5.68. The van der Waals surface area contributed by atoms with Crippen LogP contribution in [0.4, 0.5) is 18.3 Å². The van der Waals surface area contributed by atoms with Gasteiger partial charge in [-0.05, 0) is 25.5 Å². The number of nitrogens with one attached hydrogen (secondary N) is 1. The summed E-state index contributed by atoms with van der Waals surface area (Å²) in [7, 11) is 0. The van der Waals surface area contributed by atoms with Crippen LogP contribution in [0, 0.1) is 0 Å². The summed E-state index contributed by atoms with van der Waals surface area (Å²) >= 11 is 2.73. The average molecular weight is 427 g/mol. The second kappa shape index (κ2) is 6.77. The molecule has 0 radical (unpaired) electrons. The average Bonchev–Trinajstić information content (AvgIpc) is 3.31. The minimum Gasteiger partial charge on any atom is -0.315 e. The van der Waals surface area contributed by atoms with Gasteiger partial charge in [0.05, 0.1) is 16.1 Å². The van der Waals surface area contributed by atoms with Crippen molar-refractivity contribution in [1.82, 2.24) is 9.88 Å². The van der Waals surface area contributed by atoms with Crippen LogP contribution in [0.1, 0.15) is 25.3 Å². The molecule has 0 bridgehead atoms. The van der Waals surface area contributed by atoms with Crippen molar-refractivity contribution in [3.8, 4) is 11.3 Å². The third-order valence-corrected chi connectivity index (χ3v) is 7.23. The first kappa shape index (κ1) is 19.3. The van der Waals surface area contributed by atoms with Crippen LogP contribution in [0.15, 0.2) is 29.6 Å². The van der Waals surface area contributed by atoms with Crippen LogP contribution in [0.5, 0.6) is 0 Å². The first-order chi connectivity index (χ1) is 13.2. The van der Waals surface area contributed by atoms with E-state index in [-0.39, 0.29) is 16.7 Å². The van der Waals surface area contributed by atoms with E-state index < -0.39 is 17.8 Å². The predicted molar refractivity (Wildman–Crippen MR) is 102 cm³/mol. The van der Waals surface area contributed by atoms with Crippen LogP contribution in [0.25, 0.3) is 11.3 Å². The van der Waals surface area contributed by atoms with Crippen molar-refractivity contribution in [3.63, 3.8) is 0 Å². The van der Waals surface area contributed by atoms with E-state index in [2.05, 4.69) is 10.3 Å². The summed E-state index contributed by atoms with van der Waals surface area (Å²) in [6.07, 6.45) is -3.28.